The van der Waals surface area contributed by atoms with E-state index < -0.39 is 5.97 Å². The van der Waals surface area contributed by atoms with Gasteiger partial charge in [-0.3, -0.25) is 4.79 Å². The molecule has 2 nitrogen and oxygen atoms in total. The monoisotopic (exact) mass is 236 g/mol. The Hall–Kier alpha value is 0.170. The zero-order valence-electron chi connectivity index (χ0n) is 8.65. The summed E-state index contributed by atoms with van der Waals surface area (Å²) in [5.74, 6) is -0.727. The third-order valence-electron chi connectivity index (χ3n) is 2.19. The fourth-order valence-electron chi connectivity index (χ4n) is 1.26. The average Bonchev–Trinajstić information content (AvgIpc) is 2.13. The number of unbranched alkanes of at least 4 members (excludes halogenated alkanes) is 1. The molecule has 4 heteroatoms. The first-order valence-electron chi connectivity index (χ1n) is 5.15. The third-order valence-corrected chi connectivity index (χ3v) is 3.66. The predicted octanol–water partition coefficient (Wildman–Crippen LogP) is 3.03. The molecule has 0 spiro atoms. The normalized spacial score (nSPS) is 15.1. The number of hydrogen-bond acceptors (Lipinski definition) is 3. The van der Waals surface area contributed by atoms with Crippen molar-refractivity contribution in [3.63, 3.8) is 0 Å². The number of carboxylic acid groups (broad SMARTS) is 1. The van der Waals surface area contributed by atoms with E-state index in [4.69, 9.17) is 5.11 Å². The van der Waals surface area contributed by atoms with Crippen LogP contribution in [-0.2, 0) is 4.79 Å². The van der Waals surface area contributed by atoms with Crippen molar-refractivity contribution < 1.29 is 9.90 Å². The summed E-state index contributed by atoms with van der Waals surface area (Å²) >= 11 is 8.89. The largest absolute Gasteiger partial charge is 0.481 e. The molecule has 84 valence electrons. The maximum absolute atomic E-state index is 10.3. The standard InChI is InChI=1S/C10H20O2S2/c1-2-3-5-8(13)9(14)6-4-7-10(11)12/h8-9,13-14H,2-7H2,1H3,(H,11,12). The van der Waals surface area contributed by atoms with Crippen LogP contribution >= 0.6 is 25.3 Å². The molecule has 0 aromatic rings. The van der Waals surface area contributed by atoms with E-state index in [0.29, 0.717) is 11.7 Å². The summed E-state index contributed by atoms with van der Waals surface area (Å²) in [5.41, 5.74) is 0. The fraction of sp³-hybridized carbons (Fsp3) is 0.900. The molecule has 2 atom stereocenters. The Morgan fingerprint density at radius 2 is 1.71 bits per heavy atom. The molecule has 0 radical (unpaired) electrons. The summed E-state index contributed by atoms with van der Waals surface area (Å²) in [5, 5.41) is 8.99. The Bertz CT molecular complexity index is 162. The molecule has 1 N–H and O–H groups in total. The Morgan fingerprint density at radius 1 is 1.21 bits per heavy atom. The van der Waals surface area contributed by atoms with Gasteiger partial charge in [-0.15, -0.1) is 0 Å². The first kappa shape index (κ1) is 14.2. The first-order valence-corrected chi connectivity index (χ1v) is 6.19. The van der Waals surface area contributed by atoms with Crippen molar-refractivity contribution in [3.05, 3.63) is 0 Å². The van der Waals surface area contributed by atoms with Gasteiger partial charge < -0.3 is 5.11 Å². The van der Waals surface area contributed by atoms with Crippen molar-refractivity contribution in [1.82, 2.24) is 0 Å². The Kier molecular flexibility index (Phi) is 8.58. The minimum atomic E-state index is -0.727. The summed E-state index contributed by atoms with van der Waals surface area (Å²) < 4.78 is 0. The topological polar surface area (TPSA) is 37.3 Å². The Morgan fingerprint density at radius 3 is 2.14 bits per heavy atom. The van der Waals surface area contributed by atoms with E-state index in [1.54, 1.807) is 0 Å². The van der Waals surface area contributed by atoms with Crippen molar-refractivity contribution in [2.75, 3.05) is 0 Å². The van der Waals surface area contributed by atoms with Gasteiger partial charge in [-0.1, -0.05) is 19.8 Å². The van der Waals surface area contributed by atoms with Gasteiger partial charge in [0.2, 0.25) is 0 Å². The smallest absolute Gasteiger partial charge is 0.303 e. The molecule has 0 saturated heterocycles. The zero-order valence-corrected chi connectivity index (χ0v) is 10.4. The van der Waals surface area contributed by atoms with Gasteiger partial charge in [-0.05, 0) is 19.3 Å². The van der Waals surface area contributed by atoms with Gasteiger partial charge in [-0.25, -0.2) is 0 Å². The number of thiol groups is 2. The molecular formula is C10H20O2S2. The van der Waals surface area contributed by atoms with Gasteiger partial charge >= 0.3 is 5.97 Å². The Labute approximate surface area is 97.3 Å². The highest BCUT2D eigenvalue weighted by atomic mass is 32.1. The van der Waals surface area contributed by atoms with Gasteiger partial charge in [0.05, 0.1) is 0 Å². The third kappa shape index (κ3) is 7.56. The number of hydrogen-bond donors (Lipinski definition) is 3. The van der Waals surface area contributed by atoms with Crippen LogP contribution in [0, 0.1) is 0 Å². The quantitative estimate of drug-likeness (QED) is 0.567. The molecule has 14 heavy (non-hydrogen) atoms. The minimum Gasteiger partial charge on any atom is -0.481 e. The van der Waals surface area contributed by atoms with E-state index in [0.717, 1.165) is 12.8 Å². The summed E-state index contributed by atoms with van der Waals surface area (Å²) in [6.45, 7) is 2.15. The summed E-state index contributed by atoms with van der Waals surface area (Å²) in [6.07, 6.45) is 5.20. The van der Waals surface area contributed by atoms with E-state index in [1.807, 2.05) is 0 Å². The van der Waals surface area contributed by atoms with Gasteiger partial charge in [0.15, 0.2) is 0 Å². The first-order chi connectivity index (χ1) is 6.57. The van der Waals surface area contributed by atoms with Crippen molar-refractivity contribution in [3.8, 4) is 0 Å². The van der Waals surface area contributed by atoms with Crippen LogP contribution in [0.25, 0.3) is 0 Å². The summed E-state index contributed by atoms with van der Waals surface area (Å²) in [6, 6.07) is 0. The molecule has 0 aromatic heterocycles. The number of carboxylic acids is 1. The molecule has 2 unspecified atom stereocenters. The van der Waals surface area contributed by atoms with Crippen LogP contribution in [0.2, 0.25) is 0 Å². The average molecular weight is 236 g/mol. The van der Waals surface area contributed by atoms with Gasteiger partial charge in [-0.2, -0.15) is 25.3 Å². The van der Waals surface area contributed by atoms with Crippen molar-refractivity contribution in [1.29, 1.82) is 0 Å². The zero-order chi connectivity index (χ0) is 11.0. The SMILES string of the molecule is CCCCC(S)C(S)CCCC(=O)O. The summed E-state index contributed by atoms with van der Waals surface area (Å²) in [7, 11) is 0. The molecule has 0 aliphatic carbocycles. The molecule has 0 aromatic carbocycles. The van der Waals surface area contributed by atoms with Crippen LogP contribution in [0.3, 0.4) is 0 Å². The van der Waals surface area contributed by atoms with Crippen LogP contribution in [0.4, 0.5) is 0 Å². The molecule has 0 rings (SSSR count). The highest BCUT2D eigenvalue weighted by Crippen LogP contribution is 2.20. The van der Waals surface area contributed by atoms with Crippen LogP contribution in [0.5, 0.6) is 0 Å². The van der Waals surface area contributed by atoms with E-state index in [1.165, 1.54) is 12.8 Å². The second kappa shape index (κ2) is 8.48. The lowest BCUT2D eigenvalue weighted by atomic mass is 10.1. The second-order valence-corrected chi connectivity index (χ2v) is 4.89. The molecule has 0 amide bonds. The van der Waals surface area contributed by atoms with Crippen molar-refractivity contribution >= 4 is 31.2 Å². The van der Waals surface area contributed by atoms with Gasteiger partial charge in [0.25, 0.3) is 0 Å². The number of carbonyl (C=O) groups is 1. The maximum Gasteiger partial charge on any atom is 0.303 e. The van der Waals surface area contributed by atoms with E-state index >= 15 is 0 Å². The molecular weight excluding hydrogens is 216 g/mol. The molecule has 0 fully saturated rings. The second-order valence-electron chi connectivity index (χ2n) is 3.56. The lowest BCUT2D eigenvalue weighted by Gasteiger charge is -2.17. The molecule has 0 saturated carbocycles. The highest BCUT2D eigenvalue weighted by molar-refractivity contribution is 7.85. The number of rotatable bonds is 8. The van der Waals surface area contributed by atoms with Crippen LogP contribution in [0.1, 0.15) is 45.4 Å². The Balaban J connectivity index is 3.50. The van der Waals surface area contributed by atoms with Crippen LogP contribution < -0.4 is 0 Å². The van der Waals surface area contributed by atoms with Crippen LogP contribution in [-0.4, -0.2) is 21.6 Å². The van der Waals surface area contributed by atoms with Crippen molar-refractivity contribution in [2.24, 2.45) is 0 Å². The van der Waals surface area contributed by atoms with Gasteiger partial charge in [0, 0.05) is 16.9 Å². The molecule has 0 heterocycles. The van der Waals surface area contributed by atoms with Crippen LogP contribution in [0.15, 0.2) is 0 Å². The molecule has 0 bridgehead atoms. The number of aliphatic carboxylic acids is 1. The fourth-order valence-corrected chi connectivity index (χ4v) is 1.92. The maximum atomic E-state index is 10.3. The predicted molar refractivity (Wildman–Crippen MR) is 66.6 cm³/mol. The van der Waals surface area contributed by atoms with Gasteiger partial charge in [0.1, 0.15) is 0 Å². The van der Waals surface area contributed by atoms with E-state index in [2.05, 4.69) is 32.2 Å². The van der Waals surface area contributed by atoms with E-state index in [-0.39, 0.29) is 11.7 Å². The van der Waals surface area contributed by atoms with E-state index in [9.17, 15) is 4.79 Å². The minimum absolute atomic E-state index is 0.226. The summed E-state index contributed by atoms with van der Waals surface area (Å²) in [4.78, 5) is 10.3. The van der Waals surface area contributed by atoms with Crippen molar-refractivity contribution in [2.45, 2.75) is 55.9 Å². The molecule has 0 aliphatic heterocycles. The lowest BCUT2D eigenvalue weighted by Crippen LogP contribution is -2.15. The molecule has 0 aliphatic rings. The lowest BCUT2D eigenvalue weighted by molar-refractivity contribution is -0.137. The highest BCUT2D eigenvalue weighted by Gasteiger charge is 2.13.